The van der Waals surface area contributed by atoms with E-state index < -0.39 is 15.9 Å². The fourth-order valence-corrected chi connectivity index (χ4v) is 3.11. The molecule has 0 aliphatic heterocycles. The van der Waals surface area contributed by atoms with Gasteiger partial charge in [-0.2, -0.15) is 0 Å². The van der Waals surface area contributed by atoms with Gasteiger partial charge in [0.05, 0.1) is 23.4 Å². The minimum atomic E-state index is -3.75. The molecular weight excluding hydrogens is 346 g/mol. The molecule has 8 nitrogen and oxygen atoms in total. The molecule has 2 aromatic heterocycles. The normalized spacial score (nSPS) is 11.4. The Morgan fingerprint density at radius 1 is 1.20 bits per heavy atom. The SMILES string of the molecule is Cc1cc(C(=O)Nc2cccc(S(=O)(=O)NCc3ccco3)c2)on1. The number of benzene rings is 1. The first kappa shape index (κ1) is 16.9. The highest BCUT2D eigenvalue weighted by Gasteiger charge is 2.17. The molecule has 0 radical (unpaired) electrons. The summed E-state index contributed by atoms with van der Waals surface area (Å²) in [5.74, 6) is 0.0223. The predicted octanol–water partition coefficient (Wildman–Crippen LogP) is 2.31. The van der Waals surface area contributed by atoms with Crippen molar-refractivity contribution in [3.8, 4) is 0 Å². The summed E-state index contributed by atoms with van der Waals surface area (Å²) in [6.45, 7) is 1.72. The summed E-state index contributed by atoms with van der Waals surface area (Å²) in [6, 6.07) is 10.7. The zero-order chi connectivity index (χ0) is 17.9. The first-order chi connectivity index (χ1) is 11.9. The number of amides is 1. The van der Waals surface area contributed by atoms with Crippen LogP contribution in [0.3, 0.4) is 0 Å². The lowest BCUT2D eigenvalue weighted by atomic mass is 10.3. The Morgan fingerprint density at radius 3 is 2.72 bits per heavy atom. The van der Waals surface area contributed by atoms with E-state index in [0.717, 1.165) is 0 Å². The number of nitrogens with zero attached hydrogens (tertiary/aromatic N) is 1. The maximum Gasteiger partial charge on any atom is 0.294 e. The highest BCUT2D eigenvalue weighted by atomic mass is 32.2. The van der Waals surface area contributed by atoms with Gasteiger partial charge in [-0.1, -0.05) is 11.2 Å². The van der Waals surface area contributed by atoms with Gasteiger partial charge in [0.25, 0.3) is 5.91 Å². The van der Waals surface area contributed by atoms with Crippen LogP contribution in [0.25, 0.3) is 0 Å². The third-order valence-corrected chi connectivity index (χ3v) is 4.67. The number of rotatable bonds is 6. The van der Waals surface area contributed by atoms with Crippen molar-refractivity contribution in [2.45, 2.75) is 18.4 Å². The molecule has 2 heterocycles. The van der Waals surface area contributed by atoms with Crippen molar-refractivity contribution in [3.05, 3.63) is 65.9 Å². The number of sulfonamides is 1. The first-order valence-corrected chi connectivity index (χ1v) is 8.79. The summed E-state index contributed by atoms with van der Waals surface area (Å²) < 4.78 is 37.1. The summed E-state index contributed by atoms with van der Waals surface area (Å²) in [4.78, 5) is 12.1. The Balaban J connectivity index is 1.73. The molecule has 3 aromatic rings. The molecule has 0 unspecified atom stereocenters. The molecule has 0 spiro atoms. The van der Waals surface area contributed by atoms with Crippen LogP contribution in [0.4, 0.5) is 5.69 Å². The van der Waals surface area contributed by atoms with E-state index in [1.54, 1.807) is 25.1 Å². The lowest BCUT2D eigenvalue weighted by Gasteiger charge is -2.08. The number of furan rings is 1. The van der Waals surface area contributed by atoms with Crippen molar-refractivity contribution in [2.75, 3.05) is 5.32 Å². The van der Waals surface area contributed by atoms with Crippen molar-refractivity contribution in [1.29, 1.82) is 0 Å². The van der Waals surface area contributed by atoms with Crippen LogP contribution in [0, 0.1) is 6.92 Å². The average molecular weight is 361 g/mol. The quantitative estimate of drug-likeness (QED) is 0.696. The molecule has 0 saturated carbocycles. The number of hydrogen-bond acceptors (Lipinski definition) is 6. The molecule has 1 aromatic carbocycles. The second-order valence-electron chi connectivity index (χ2n) is 5.22. The summed E-state index contributed by atoms with van der Waals surface area (Å²) in [5.41, 5.74) is 0.892. The van der Waals surface area contributed by atoms with E-state index in [-0.39, 0.29) is 17.2 Å². The van der Waals surface area contributed by atoms with Gasteiger partial charge < -0.3 is 14.3 Å². The number of aryl methyl sites for hydroxylation is 1. The van der Waals surface area contributed by atoms with Crippen LogP contribution in [0.5, 0.6) is 0 Å². The number of carbonyl (C=O) groups excluding carboxylic acids is 1. The molecule has 0 fully saturated rings. The minimum Gasteiger partial charge on any atom is -0.468 e. The third kappa shape index (κ3) is 4.14. The highest BCUT2D eigenvalue weighted by Crippen LogP contribution is 2.17. The van der Waals surface area contributed by atoms with Crippen molar-refractivity contribution in [3.63, 3.8) is 0 Å². The molecule has 0 bridgehead atoms. The molecule has 25 heavy (non-hydrogen) atoms. The third-order valence-electron chi connectivity index (χ3n) is 3.27. The van der Waals surface area contributed by atoms with E-state index in [1.807, 2.05) is 0 Å². The van der Waals surface area contributed by atoms with E-state index in [1.165, 1.54) is 30.5 Å². The summed E-state index contributed by atoms with van der Waals surface area (Å²) in [5, 5.41) is 6.20. The van der Waals surface area contributed by atoms with Crippen LogP contribution in [0.1, 0.15) is 22.0 Å². The minimum absolute atomic E-state index is 0.0191. The average Bonchev–Trinajstić information content (AvgIpc) is 3.25. The van der Waals surface area contributed by atoms with Gasteiger partial charge in [0.15, 0.2) is 0 Å². The monoisotopic (exact) mass is 361 g/mol. The molecule has 0 atom stereocenters. The standard InChI is InChI=1S/C16H15N3O5S/c1-11-8-15(24-19-11)16(20)18-12-4-2-6-14(9-12)25(21,22)17-10-13-5-3-7-23-13/h2-9,17H,10H2,1H3,(H,18,20). The Bertz CT molecular complexity index is 977. The molecule has 0 saturated heterocycles. The molecule has 3 rings (SSSR count). The van der Waals surface area contributed by atoms with Gasteiger partial charge in [0, 0.05) is 11.8 Å². The molecule has 2 N–H and O–H groups in total. The van der Waals surface area contributed by atoms with Gasteiger partial charge in [-0.25, -0.2) is 13.1 Å². The molecule has 1 amide bonds. The van der Waals surface area contributed by atoms with Crippen molar-refractivity contribution in [1.82, 2.24) is 9.88 Å². The van der Waals surface area contributed by atoms with Crippen molar-refractivity contribution in [2.24, 2.45) is 0 Å². The number of anilines is 1. The van der Waals surface area contributed by atoms with Crippen LogP contribution in [-0.4, -0.2) is 19.5 Å². The van der Waals surface area contributed by atoms with Gasteiger partial charge in [-0.05, 0) is 37.3 Å². The Hall–Kier alpha value is -2.91. The predicted molar refractivity (Wildman–Crippen MR) is 88.4 cm³/mol. The second kappa shape index (κ2) is 6.91. The molecule has 9 heteroatoms. The first-order valence-electron chi connectivity index (χ1n) is 7.31. The van der Waals surface area contributed by atoms with Gasteiger partial charge in [0.2, 0.25) is 15.8 Å². The van der Waals surface area contributed by atoms with Gasteiger partial charge in [-0.15, -0.1) is 0 Å². The maximum atomic E-state index is 12.3. The smallest absolute Gasteiger partial charge is 0.294 e. The molecule has 130 valence electrons. The summed E-state index contributed by atoms with van der Waals surface area (Å²) in [7, 11) is -3.75. The zero-order valence-electron chi connectivity index (χ0n) is 13.2. The number of carbonyl (C=O) groups is 1. The van der Waals surface area contributed by atoms with Crippen LogP contribution in [0.15, 0.2) is 62.6 Å². The number of hydrogen-bond donors (Lipinski definition) is 2. The number of nitrogens with one attached hydrogen (secondary N) is 2. The fraction of sp³-hybridized carbons (Fsp3) is 0.125. The van der Waals surface area contributed by atoms with Crippen molar-refractivity contribution >= 4 is 21.6 Å². The van der Waals surface area contributed by atoms with E-state index >= 15 is 0 Å². The molecule has 0 aliphatic carbocycles. The van der Waals surface area contributed by atoms with Crippen LogP contribution >= 0.6 is 0 Å². The zero-order valence-corrected chi connectivity index (χ0v) is 14.0. The van der Waals surface area contributed by atoms with E-state index in [2.05, 4.69) is 15.2 Å². The maximum absolute atomic E-state index is 12.3. The largest absolute Gasteiger partial charge is 0.468 e. The van der Waals surface area contributed by atoms with Gasteiger partial charge >= 0.3 is 0 Å². The Kier molecular flexibility index (Phi) is 4.68. The van der Waals surface area contributed by atoms with Crippen LogP contribution < -0.4 is 10.0 Å². The molecule has 0 aliphatic rings. The topological polar surface area (TPSA) is 114 Å². The van der Waals surface area contributed by atoms with Gasteiger partial charge in [0.1, 0.15) is 5.76 Å². The lowest BCUT2D eigenvalue weighted by Crippen LogP contribution is -2.23. The fourth-order valence-electron chi connectivity index (χ4n) is 2.07. The Morgan fingerprint density at radius 2 is 2.04 bits per heavy atom. The molecular formula is C16H15N3O5S. The van der Waals surface area contributed by atoms with Gasteiger partial charge in [-0.3, -0.25) is 4.79 Å². The Labute approximate surface area is 143 Å². The van der Waals surface area contributed by atoms with E-state index in [0.29, 0.717) is 17.1 Å². The summed E-state index contributed by atoms with van der Waals surface area (Å²) in [6.07, 6.45) is 1.46. The van der Waals surface area contributed by atoms with Crippen LogP contribution in [-0.2, 0) is 16.6 Å². The van der Waals surface area contributed by atoms with Crippen LogP contribution in [0.2, 0.25) is 0 Å². The second-order valence-corrected chi connectivity index (χ2v) is 6.99. The summed E-state index contributed by atoms with van der Waals surface area (Å²) >= 11 is 0. The van der Waals surface area contributed by atoms with Crippen molar-refractivity contribution < 1.29 is 22.2 Å². The van der Waals surface area contributed by atoms with E-state index in [4.69, 9.17) is 8.94 Å². The lowest BCUT2D eigenvalue weighted by molar-refractivity contribution is 0.0988. The number of aromatic nitrogens is 1. The van der Waals surface area contributed by atoms with E-state index in [9.17, 15) is 13.2 Å². The highest BCUT2D eigenvalue weighted by molar-refractivity contribution is 7.89.